The first-order valence-corrected chi connectivity index (χ1v) is 11.7. The van der Waals surface area contributed by atoms with E-state index in [1.54, 1.807) is 0 Å². The maximum absolute atomic E-state index is 14.3. The van der Waals surface area contributed by atoms with E-state index in [0.29, 0.717) is 6.07 Å². The van der Waals surface area contributed by atoms with E-state index in [1.807, 2.05) is 20.8 Å². The number of hydrogen-bond donors (Lipinski definition) is 2. The molecular formula is C22H31F3N2O2S. The molecule has 0 spiro atoms. The third-order valence-corrected chi connectivity index (χ3v) is 8.25. The van der Waals surface area contributed by atoms with Crippen LogP contribution in [0.1, 0.15) is 52.0 Å². The number of nitrogens with one attached hydrogen (secondary N) is 1. The quantitative estimate of drug-likeness (QED) is 0.497. The Hall–Kier alpha value is -1.09. The van der Waals surface area contributed by atoms with Gasteiger partial charge in [0.25, 0.3) is 0 Å². The normalized spacial score (nSPS) is 28.4. The minimum atomic E-state index is -1.41. The summed E-state index contributed by atoms with van der Waals surface area (Å²) in [5, 5.41) is 0. The highest BCUT2D eigenvalue weighted by atomic mass is 32.2. The molecule has 1 aromatic rings. The minimum Gasteiger partial charge on any atom is -0.598 e. The number of carbonyl (C=O) groups excluding carboxylic acids is 1. The summed E-state index contributed by atoms with van der Waals surface area (Å²) >= 11 is -1.41. The summed E-state index contributed by atoms with van der Waals surface area (Å²) in [6.07, 6.45) is 3.50. The summed E-state index contributed by atoms with van der Waals surface area (Å²) < 4.78 is 56.9. The lowest BCUT2D eigenvalue weighted by Gasteiger charge is -2.39. The molecule has 30 heavy (non-hydrogen) atoms. The first-order chi connectivity index (χ1) is 14.0. The van der Waals surface area contributed by atoms with Crippen molar-refractivity contribution < 1.29 is 22.5 Å². The fourth-order valence-corrected chi connectivity index (χ4v) is 6.05. The second-order valence-corrected chi connectivity index (χ2v) is 11.7. The van der Waals surface area contributed by atoms with Gasteiger partial charge in [0.1, 0.15) is 16.3 Å². The summed E-state index contributed by atoms with van der Waals surface area (Å²) in [7, 11) is 0. The molecule has 0 aliphatic heterocycles. The van der Waals surface area contributed by atoms with E-state index in [4.69, 9.17) is 5.73 Å². The van der Waals surface area contributed by atoms with Crippen LogP contribution in [0.5, 0.6) is 0 Å². The van der Waals surface area contributed by atoms with Gasteiger partial charge in [-0.3, -0.25) is 4.79 Å². The Labute approximate surface area is 179 Å². The van der Waals surface area contributed by atoms with Crippen LogP contribution in [0.4, 0.5) is 13.2 Å². The molecule has 3 rings (SSSR count). The van der Waals surface area contributed by atoms with Crippen molar-refractivity contribution in [3.05, 3.63) is 35.1 Å². The lowest BCUT2D eigenvalue weighted by atomic mass is 9.69. The van der Waals surface area contributed by atoms with Crippen molar-refractivity contribution in [3.8, 4) is 0 Å². The monoisotopic (exact) mass is 444 g/mol. The van der Waals surface area contributed by atoms with Crippen LogP contribution in [0.3, 0.4) is 0 Å². The van der Waals surface area contributed by atoms with Gasteiger partial charge in [0.05, 0.1) is 12.6 Å². The summed E-state index contributed by atoms with van der Waals surface area (Å²) in [4.78, 5) is 12.3. The van der Waals surface area contributed by atoms with Crippen molar-refractivity contribution in [2.45, 2.75) is 63.7 Å². The number of carbonyl (C=O) groups is 1. The van der Waals surface area contributed by atoms with E-state index < -0.39 is 33.6 Å². The van der Waals surface area contributed by atoms with E-state index in [1.165, 1.54) is 0 Å². The zero-order chi connectivity index (χ0) is 22.2. The molecule has 2 bridgehead atoms. The molecule has 168 valence electrons. The molecule has 4 nitrogen and oxygen atoms in total. The molecular weight excluding hydrogens is 413 g/mol. The van der Waals surface area contributed by atoms with E-state index in [0.717, 1.165) is 31.7 Å². The number of fused-ring (bicyclic) bond motifs is 2. The number of hydrogen-bond acceptors (Lipinski definition) is 4. The van der Waals surface area contributed by atoms with Crippen molar-refractivity contribution in [3.63, 3.8) is 0 Å². The lowest BCUT2D eigenvalue weighted by Crippen LogP contribution is -2.50. The molecule has 6 atom stereocenters. The molecule has 8 heteroatoms. The van der Waals surface area contributed by atoms with E-state index in [-0.39, 0.29) is 54.0 Å². The van der Waals surface area contributed by atoms with Crippen LogP contribution in [0.25, 0.3) is 0 Å². The number of halogens is 3. The Morgan fingerprint density at radius 1 is 1.17 bits per heavy atom. The molecule has 2 aliphatic rings. The number of nitrogens with two attached hydrogens (primary N) is 1. The highest BCUT2D eigenvalue weighted by molar-refractivity contribution is 7.90. The number of benzene rings is 1. The second kappa shape index (κ2) is 9.18. The zero-order valence-corrected chi connectivity index (χ0v) is 18.5. The van der Waals surface area contributed by atoms with Crippen LogP contribution in [-0.4, -0.2) is 27.7 Å². The lowest BCUT2D eigenvalue weighted by molar-refractivity contribution is -0.125. The topological polar surface area (TPSA) is 78.2 Å². The second-order valence-electron chi connectivity index (χ2n) is 9.69. The van der Waals surface area contributed by atoms with Gasteiger partial charge < -0.3 is 10.3 Å². The van der Waals surface area contributed by atoms with Gasteiger partial charge in [0.15, 0.2) is 11.6 Å². The smallest absolute Gasteiger partial charge is 0.161 e. The van der Waals surface area contributed by atoms with Crippen LogP contribution >= 0.6 is 0 Å². The Morgan fingerprint density at radius 3 is 2.27 bits per heavy atom. The third kappa shape index (κ3) is 5.03. The highest BCUT2D eigenvalue weighted by Gasteiger charge is 2.48. The van der Waals surface area contributed by atoms with Crippen molar-refractivity contribution in [2.75, 3.05) is 6.54 Å². The SMILES string of the molecule is CC(C)(C)[S+]([O-])N[C@H](Cc1cc(F)c(F)cc1F)C1C[C@H]2CC[C@@H](C1)C2C(=O)CN. The van der Waals surface area contributed by atoms with Crippen molar-refractivity contribution >= 4 is 17.1 Å². The number of rotatable bonds is 7. The van der Waals surface area contributed by atoms with Gasteiger partial charge in [0, 0.05) is 23.3 Å². The zero-order valence-electron chi connectivity index (χ0n) is 17.7. The third-order valence-electron chi connectivity index (χ3n) is 6.62. The minimum absolute atomic E-state index is 0.0278. The van der Waals surface area contributed by atoms with Gasteiger partial charge in [0.2, 0.25) is 0 Å². The van der Waals surface area contributed by atoms with Crippen molar-refractivity contribution in [2.24, 2.45) is 29.4 Å². The predicted octanol–water partition coefficient (Wildman–Crippen LogP) is 3.65. The van der Waals surface area contributed by atoms with Gasteiger partial charge in [-0.2, -0.15) is 0 Å². The average molecular weight is 445 g/mol. The number of ketones is 1. The Morgan fingerprint density at radius 2 is 1.73 bits per heavy atom. The van der Waals surface area contributed by atoms with Gasteiger partial charge in [-0.25, -0.2) is 13.2 Å². The molecule has 2 saturated carbocycles. The van der Waals surface area contributed by atoms with E-state index >= 15 is 0 Å². The van der Waals surface area contributed by atoms with Crippen molar-refractivity contribution in [1.82, 2.24) is 4.72 Å². The summed E-state index contributed by atoms with van der Waals surface area (Å²) in [5.74, 6) is -2.58. The summed E-state index contributed by atoms with van der Waals surface area (Å²) in [6.45, 7) is 5.56. The highest BCUT2D eigenvalue weighted by Crippen LogP contribution is 2.50. The van der Waals surface area contributed by atoms with Gasteiger partial charge in [-0.15, -0.1) is 4.72 Å². The molecule has 3 N–H and O–H groups in total. The van der Waals surface area contributed by atoms with Crippen molar-refractivity contribution in [1.29, 1.82) is 0 Å². The summed E-state index contributed by atoms with van der Waals surface area (Å²) in [6, 6.07) is 1.07. The molecule has 0 aromatic heterocycles. The van der Waals surface area contributed by atoms with Gasteiger partial charge >= 0.3 is 0 Å². The standard InChI is InChI=1S/C22H31F3N2O2S/c1-22(2,3)30(29)27-19(9-14-8-17(24)18(25)10-16(14)23)15-6-12-4-5-13(7-15)21(12)20(28)11-26/h8,10,12-13,15,19,21,27H,4-7,9,11,26H2,1-3H3/t12-,13+,15?,19-,21?,30?/m1/s1. The molecule has 3 unspecified atom stereocenters. The largest absolute Gasteiger partial charge is 0.598 e. The van der Waals surface area contributed by atoms with Crippen LogP contribution in [0.2, 0.25) is 0 Å². The first kappa shape index (κ1) is 23.6. The van der Waals surface area contributed by atoms with Gasteiger partial charge in [-0.05, 0) is 82.3 Å². The number of Topliss-reactive ketones (excluding diaryl/α,β-unsaturated/α-hetero) is 1. The fraction of sp³-hybridized carbons (Fsp3) is 0.682. The molecule has 2 aliphatic carbocycles. The van der Waals surface area contributed by atoms with Crippen LogP contribution in [0, 0.1) is 41.1 Å². The Kier molecular flexibility index (Phi) is 7.22. The van der Waals surface area contributed by atoms with Crippen LogP contribution in [-0.2, 0) is 22.6 Å². The molecule has 1 aromatic carbocycles. The van der Waals surface area contributed by atoms with Gasteiger partial charge in [-0.1, -0.05) is 0 Å². The predicted molar refractivity (Wildman–Crippen MR) is 111 cm³/mol. The van der Waals surface area contributed by atoms with Crippen LogP contribution < -0.4 is 10.5 Å². The maximum Gasteiger partial charge on any atom is 0.161 e. The maximum atomic E-state index is 14.3. The molecule has 0 amide bonds. The molecule has 0 radical (unpaired) electrons. The first-order valence-electron chi connectivity index (χ1n) is 10.6. The Balaban J connectivity index is 1.84. The fourth-order valence-electron chi connectivity index (χ4n) is 5.14. The van der Waals surface area contributed by atoms with E-state index in [2.05, 4.69) is 4.72 Å². The molecule has 2 fully saturated rings. The van der Waals surface area contributed by atoms with Crippen LogP contribution in [0.15, 0.2) is 12.1 Å². The average Bonchev–Trinajstić information content (AvgIpc) is 2.93. The molecule has 0 saturated heterocycles. The Bertz CT molecular complexity index is 772. The van der Waals surface area contributed by atoms with E-state index in [9.17, 15) is 22.5 Å². The molecule has 0 heterocycles. The summed E-state index contributed by atoms with van der Waals surface area (Å²) in [5.41, 5.74) is 5.66.